The normalized spacial score (nSPS) is 15.0. The van der Waals surface area contributed by atoms with Crippen LogP contribution in [0.4, 0.5) is 10.3 Å². The predicted molar refractivity (Wildman–Crippen MR) is 111 cm³/mol. The van der Waals surface area contributed by atoms with Gasteiger partial charge in [0, 0.05) is 31.9 Å². The standard InChI is InChI=1S/C21H24FN7O3/c1-28(21-23-10-16(11-24-21)20(30)26-31)13-18-25-19(27-32-18)15-6-8-29(9-7-15)12-14-2-4-17(22)5-3-14/h2-5,10-11,15,31H,6-9,12-13H2,1H3,(H,26,30). The van der Waals surface area contributed by atoms with E-state index in [0.717, 1.165) is 38.0 Å². The number of carbonyl (C=O) groups excluding carboxylic acids is 1. The summed E-state index contributed by atoms with van der Waals surface area (Å²) in [5, 5.41) is 12.8. The lowest BCUT2D eigenvalue weighted by Crippen LogP contribution is -2.32. The summed E-state index contributed by atoms with van der Waals surface area (Å²) in [6.45, 7) is 2.94. The molecule has 1 aliphatic heterocycles. The molecule has 32 heavy (non-hydrogen) atoms. The molecule has 0 atom stereocenters. The molecule has 4 rings (SSSR count). The maximum absolute atomic E-state index is 13.1. The van der Waals surface area contributed by atoms with Crippen molar-refractivity contribution in [2.75, 3.05) is 25.0 Å². The Balaban J connectivity index is 1.29. The summed E-state index contributed by atoms with van der Waals surface area (Å²) in [7, 11) is 1.78. The molecule has 0 radical (unpaired) electrons. The Kier molecular flexibility index (Phi) is 6.66. The van der Waals surface area contributed by atoms with Crippen molar-refractivity contribution in [1.29, 1.82) is 0 Å². The molecule has 168 valence electrons. The van der Waals surface area contributed by atoms with E-state index in [1.54, 1.807) is 11.9 Å². The van der Waals surface area contributed by atoms with Crippen molar-refractivity contribution in [1.82, 2.24) is 30.5 Å². The van der Waals surface area contributed by atoms with Crippen LogP contribution in [0.3, 0.4) is 0 Å². The van der Waals surface area contributed by atoms with E-state index in [4.69, 9.17) is 9.73 Å². The zero-order valence-corrected chi connectivity index (χ0v) is 17.6. The molecule has 0 spiro atoms. The second kappa shape index (κ2) is 9.79. The second-order valence-corrected chi connectivity index (χ2v) is 7.79. The van der Waals surface area contributed by atoms with Crippen LogP contribution in [0.25, 0.3) is 0 Å². The molecule has 1 saturated heterocycles. The molecular formula is C21H24FN7O3. The number of halogens is 1. The van der Waals surface area contributed by atoms with E-state index in [1.165, 1.54) is 30.0 Å². The molecule has 2 N–H and O–H groups in total. The number of benzene rings is 1. The molecule has 1 aliphatic rings. The van der Waals surface area contributed by atoms with Gasteiger partial charge in [-0.05, 0) is 43.6 Å². The predicted octanol–water partition coefficient (Wildman–Crippen LogP) is 2.13. The Hall–Kier alpha value is -3.44. The molecule has 1 fully saturated rings. The third-order valence-electron chi connectivity index (χ3n) is 5.47. The minimum absolute atomic E-state index is 0.149. The van der Waals surface area contributed by atoms with Crippen molar-refractivity contribution in [3.63, 3.8) is 0 Å². The molecule has 2 aromatic heterocycles. The van der Waals surface area contributed by atoms with Gasteiger partial charge in [0.25, 0.3) is 5.91 Å². The van der Waals surface area contributed by atoms with Crippen LogP contribution in [0.5, 0.6) is 0 Å². The summed E-state index contributed by atoms with van der Waals surface area (Å²) in [6.07, 6.45) is 4.49. The van der Waals surface area contributed by atoms with Crippen LogP contribution in [-0.2, 0) is 13.1 Å². The first-order valence-corrected chi connectivity index (χ1v) is 10.3. The minimum Gasteiger partial charge on any atom is -0.337 e. The number of amides is 1. The number of likely N-dealkylation sites (tertiary alicyclic amines) is 1. The first kappa shape index (κ1) is 21.8. The van der Waals surface area contributed by atoms with Crippen molar-refractivity contribution < 1.29 is 18.9 Å². The maximum Gasteiger partial charge on any atom is 0.277 e. The second-order valence-electron chi connectivity index (χ2n) is 7.79. The van der Waals surface area contributed by atoms with E-state index in [9.17, 15) is 9.18 Å². The van der Waals surface area contributed by atoms with E-state index in [-0.39, 0.29) is 17.3 Å². The van der Waals surface area contributed by atoms with Crippen LogP contribution < -0.4 is 10.4 Å². The third-order valence-corrected chi connectivity index (χ3v) is 5.47. The molecule has 1 amide bonds. The molecule has 0 saturated carbocycles. The van der Waals surface area contributed by atoms with Gasteiger partial charge in [0.2, 0.25) is 11.8 Å². The molecule has 1 aromatic carbocycles. The van der Waals surface area contributed by atoms with Crippen molar-refractivity contribution in [3.05, 3.63) is 65.3 Å². The summed E-state index contributed by atoms with van der Waals surface area (Å²) in [6, 6.07) is 6.63. The highest BCUT2D eigenvalue weighted by molar-refractivity contribution is 5.92. The van der Waals surface area contributed by atoms with Crippen LogP contribution in [0.15, 0.2) is 41.2 Å². The van der Waals surface area contributed by atoms with Gasteiger partial charge in [-0.25, -0.2) is 19.8 Å². The number of nitrogens with zero attached hydrogens (tertiary/aromatic N) is 6. The van der Waals surface area contributed by atoms with Gasteiger partial charge in [0.1, 0.15) is 5.82 Å². The Morgan fingerprint density at radius 1 is 1.25 bits per heavy atom. The SMILES string of the molecule is CN(Cc1nc(C2CCN(Cc3ccc(F)cc3)CC2)no1)c1ncc(C(=O)NO)cn1. The van der Waals surface area contributed by atoms with E-state index < -0.39 is 5.91 Å². The van der Waals surface area contributed by atoms with Gasteiger partial charge in [0.05, 0.1) is 12.1 Å². The van der Waals surface area contributed by atoms with E-state index in [1.807, 2.05) is 12.1 Å². The van der Waals surface area contributed by atoms with Gasteiger partial charge >= 0.3 is 0 Å². The van der Waals surface area contributed by atoms with E-state index in [0.29, 0.717) is 24.2 Å². The number of rotatable bonds is 7. The Morgan fingerprint density at radius 2 is 1.94 bits per heavy atom. The van der Waals surface area contributed by atoms with Crippen LogP contribution in [-0.4, -0.2) is 56.3 Å². The number of hydrogen-bond donors (Lipinski definition) is 2. The lowest BCUT2D eigenvalue weighted by atomic mass is 9.96. The van der Waals surface area contributed by atoms with Crippen LogP contribution >= 0.6 is 0 Å². The summed E-state index contributed by atoms with van der Waals surface area (Å²) in [5.41, 5.74) is 2.79. The van der Waals surface area contributed by atoms with E-state index in [2.05, 4.69) is 25.0 Å². The van der Waals surface area contributed by atoms with Gasteiger partial charge in [-0.2, -0.15) is 4.98 Å². The summed E-state index contributed by atoms with van der Waals surface area (Å²) in [4.78, 5) is 28.2. The van der Waals surface area contributed by atoms with Gasteiger partial charge in [-0.1, -0.05) is 17.3 Å². The number of carbonyl (C=O) groups is 1. The third kappa shape index (κ3) is 5.24. The van der Waals surface area contributed by atoms with Crippen molar-refractivity contribution in [3.8, 4) is 0 Å². The van der Waals surface area contributed by atoms with Gasteiger partial charge < -0.3 is 9.42 Å². The lowest BCUT2D eigenvalue weighted by Gasteiger charge is -2.30. The summed E-state index contributed by atoms with van der Waals surface area (Å²) < 4.78 is 18.5. The smallest absolute Gasteiger partial charge is 0.277 e. The monoisotopic (exact) mass is 441 g/mol. The molecule has 0 aliphatic carbocycles. The highest BCUT2D eigenvalue weighted by atomic mass is 19.1. The van der Waals surface area contributed by atoms with Crippen LogP contribution in [0, 0.1) is 5.82 Å². The molecule has 11 heteroatoms. The van der Waals surface area contributed by atoms with Crippen LogP contribution in [0.1, 0.15) is 46.4 Å². The van der Waals surface area contributed by atoms with Crippen LogP contribution in [0.2, 0.25) is 0 Å². The van der Waals surface area contributed by atoms with Crippen molar-refractivity contribution in [2.45, 2.75) is 31.8 Å². The zero-order valence-electron chi connectivity index (χ0n) is 17.6. The van der Waals surface area contributed by atoms with Gasteiger partial charge in [-0.15, -0.1) is 0 Å². The largest absolute Gasteiger partial charge is 0.337 e. The fourth-order valence-corrected chi connectivity index (χ4v) is 3.67. The molecule has 3 heterocycles. The lowest BCUT2D eigenvalue weighted by molar-refractivity contribution is 0.0705. The minimum atomic E-state index is -0.676. The van der Waals surface area contributed by atoms with Crippen molar-refractivity contribution in [2.24, 2.45) is 0 Å². The fourth-order valence-electron chi connectivity index (χ4n) is 3.67. The number of nitrogens with one attached hydrogen (secondary N) is 1. The Morgan fingerprint density at radius 3 is 2.59 bits per heavy atom. The Bertz CT molecular complexity index is 1030. The number of hydroxylamine groups is 1. The summed E-state index contributed by atoms with van der Waals surface area (Å²) in [5.74, 6) is 0.874. The van der Waals surface area contributed by atoms with Gasteiger partial charge in [0.15, 0.2) is 5.82 Å². The maximum atomic E-state index is 13.1. The van der Waals surface area contributed by atoms with E-state index >= 15 is 0 Å². The average Bonchev–Trinajstić information content (AvgIpc) is 3.29. The molecule has 0 bridgehead atoms. The zero-order chi connectivity index (χ0) is 22.5. The number of aromatic nitrogens is 4. The topological polar surface area (TPSA) is 121 Å². The highest BCUT2D eigenvalue weighted by Crippen LogP contribution is 2.27. The Labute approximate surface area is 184 Å². The summed E-state index contributed by atoms with van der Waals surface area (Å²) >= 11 is 0. The quantitative estimate of drug-likeness (QED) is 0.419. The molecule has 10 nitrogen and oxygen atoms in total. The number of piperidine rings is 1. The number of anilines is 1. The molecular weight excluding hydrogens is 417 g/mol. The van der Waals surface area contributed by atoms with Crippen molar-refractivity contribution >= 4 is 11.9 Å². The average molecular weight is 441 g/mol. The fraction of sp³-hybridized carbons (Fsp3) is 0.381. The number of hydrogen-bond acceptors (Lipinski definition) is 9. The first-order valence-electron chi connectivity index (χ1n) is 10.3. The first-order chi connectivity index (χ1) is 15.5. The van der Waals surface area contributed by atoms with Gasteiger partial charge in [-0.3, -0.25) is 14.9 Å². The molecule has 3 aromatic rings. The highest BCUT2D eigenvalue weighted by Gasteiger charge is 2.25. The molecule has 0 unspecified atom stereocenters.